The van der Waals surface area contributed by atoms with Crippen molar-refractivity contribution in [2.24, 2.45) is 21.5 Å². The number of nitrogens with two attached hydrogens (primary N) is 2. The van der Waals surface area contributed by atoms with Gasteiger partial charge in [-0.05, 0) is 25.3 Å². The number of anilines is 1. The summed E-state index contributed by atoms with van der Waals surface area (Å²) in [5.41, 5.74) is 11.8. The van der Waals surface area contributed by atoms with Crippen molar-refractivity contribution in [3.05, 3.63) is 35.5 Å². The van der Waals surface area contributed by atoms with Crippen LogP contribution in [0.2, 0.25) is 0 Å². The largest absolute Gasteiger partial charge is 0.497 e. The van der Waals surface area contributed by atoms with Crippen molar-refractivity contribution < 1.29 is 9.53 Å². The van der Waals surface area contributed by atoms with Gasteiger partial charge in [0.05, 0.1) is 17.9 Å². The van der Waals surface area contributed by atoms with Crippen LogP contribution in [0.1, 0.15) is 6.92 Å². The first kappa shape index (κ1) is 19.9. The summed E-state index contributed by atoms with van der Waals surface area (Å²) in [6.07, 6.45) is 3.20. The monoisotopic (exact) mass is 367 g/mol. The molecule has 0 unspecified atom stereocenters. The third-order valence-corrected chi connectivity index (χ3v) is 4.18. The van der Waals surface area contributed by atoms with Gasteiger partial charge in [0, 0.05) is 18.0 Å². The second kappa shape index (κ2) is 10.6. The summed E-state index contributed by atoms with van der Waals surface area (Å²) in [5, 5.41) is 4.00. The molecular formula is C15H21N5O2S2. The summed E-state index contributed by atoms with van der Waals surface area (Å²) in [6, 6.07) is 7.15. The van der Waals surface area contributed by atoms with E-state index in [1.807, 2.05) is 12.3 Å². The van der Waals surface area contributed by atoms with Crippen LogP contribution < -0.4 is 21.5 Å². The molecule has 0 aromatic heterocycles. The highest BCUT2D eigenvalue weighted by Crippen LogP contribution is 2.17. The van der Waals surface area contributed by atoms with Crippen molar-refractivity contribution in [3.63, 3.8) is 0 Å². The first-order valence-electron chi connectivity index (χ1n) is 6.90. The Balaban J connectivity index is 2.55. The highest BCUT2D eigenvalue weighted by molar-refractivity contribution is 8.14. The van der Waals surface area contributed by atoms with Gasteiger partial charge in [-0.3, -0.25) is 4.79 Å². The molecule has 0 saturated heterocycles. The molecule has 1 aromatic carbocycles. The zero-order chi connectivity index (χ0) is 17.9. The van der Waals surface area contributed by atoms with Crippen molar-refractivity contribution >= 4 is 46.1 Å². The van der Waals surface area contributed by atoms with Crippen LogP contribution in [0.4, 0.5) is 5.69 Å². The Morgan fingerprint density at radius 3 is 2.79 bits per heavy atom. The van der Waals surface area contributed by atoms with Crippen molar-refractivity contribution in [1.82, 2.24) is 0 Å². The Labute approximate surface area is 150 Å². The number of methoxy groups -OCH3 is 1. The quantitative estimate of drug-likeness (QED) is 0.524. The summed E-state index contributed by atoms with van der Waals surface area (Å²) in [5.74, 6) is 0.839. The van der Waals surface area contributed by atoms with Crippen LogP contribution >= 0.6 is 23.5 Å². The van der Waals surface area contributed by atoms with E-state index in [2.05, 4.69) is 15.3 Å². The zero-order valence-electron chi connectivity index (χ0n) is 13.8. The molecule has 0 aliphatic heterocycles. The van der Waals surface area contributed by atoms with Gasteiger partial charge in [0.1, 0.15) is 10.8 Å². The van der Waals surface area contributed by atoms with Crippen LogP contribution in [-0.4, -0.2) is 36.0 Å². The maximum atomic E-state index is 12.0. The fourth-order valence-corrected chi connectivity index (χ4v) is 2.44. The number of carbonyl (C=O) groups is 1. The predicted molar refractivity (Wildman–Crippen MR) is 105 cm³/mol. The average Bonchev–Trinajstić information content (AvgIpc) is 2.58. The maximum absolute atomic E-state index is 12.0. The molecule has 5 N–H and O–H groups in total. The van der Waals surface area contributed by atoms with Gasteiger partial charge in [0.25, 0.3) is 0 Å². The van der Waals surface area contributed by atoms with Gasteiger partial charge in [-0.2, -0.15) is 0 Å². The fourth-order valence-electron chi connectivity index (χ4n) is 1.55. The normalized spacial score (nSPS) is 12.9. The van der Waals surface area contributed by atoms with Crippen LogP contribution in [0.15, 0.2) is 45.5 Å². The summed E-state index contributed by atoms with van der Waals surface area (Å²) >= 11 is 2.64. The highest BCUT2D eigenvalue weighted by Gasteiger charge is 2.05. The lowest BCUT2D eigenvalue weighted by Gasteiger charge is -2.06. The van der Waals surface area contributed by atoms with E-state index in [0.717, 1.165) is 0 Å². The fraction of sp³-hybridized carbons (Fsp3) is 0.267. The predicted octanol–water partition coefficient (Wildman–Crippen LogP) is 2.22. The van der Waals surface area contributed by atoms with Crippen molar-refractivity contribution in [3.8, 4) is 5.75 Å². The van der Waals surface area contributed by atoms with Gasteiger partial charge in [0.15, 0.2) is 0 Å². The SMILES string of the molecule is COc1cccc(NC(=O)CSC(C)=NC(N)=N/C(=C/N)SC)c1. The van der Waals surface area contributed by atoms with Gasteiger partial charge in [-0.25, -0.2) is 9.98 Å². The Morgan fingerprint density at radius 1 is 1.42 bits per heavy atom. The smallest absolute Gasteiger partial charge is 0.234 e. The van der Waals surface area contributed by atoms with Gasteiger partial charge >= 0.3 is 0 Å². The molecule has 0 spiro atoms. The van der Waals surface area contributed by atoms with Gasteiger partial charge in [0.2, 0.25) is 11.9 Å². The van der Waals surface area contributed by atoms with Crippen LogP contribution in [-0.2, 0) is 4.79 Å². The number of nitrogens with zero attached hydrogens (tertiary/aromatic N) is 2. The topological polar surface area (TPSA) is 115 Å². The molecule has 0 saturated carbocycles. The molecule has 1 aromatic rings. The molecule has 0 fully saturated rings. The zero-order valence-corrected chi connectivity index (χ0v) is 15.4. The van der Waals surface area contributed by atoms with E-state index >= 15 is 0 Å². The van der Waals surface area contributed by atoms with Crippen molar-refractivity contribution in [2.45, 2.75) is 6.92 Å². The van der Waals surface area contributed by atoms with Gasteiger partial charge in [-0.15, -0.1) is 23.5 Å². The Hall–Kier alpha value is -2.13. The van der Waals surface area contributed by atoms with Crippen molar-refractivity contribution in [1.29, 1.82) is 0 Å². The number of guanidine groups is 1. The molecule has 0 aliphatic carbocycles. The molecule has 0 bridgehead atoms. The van der Waals surface area contributed by atoms with Gasteiger partial charge in [-0.1, -0.05) is 6.07 Å². The summed E-state index contributed by atoms with van der Waals surface area (Å²) < 4.78 is 5.11. The van der Waals surface area contributed by atoms with Crippen LogP contribution in [0.25, 0.3) is 0 Å². The van der Waals surface area contributed by atoms with Gasteiger partial charge < -0.3 is 21.5 Å². The van der Waals surface area contributed by atoms with E-state index in [4.69, 9.17) is 16.2 Å². The second-order valence-electron chi connectivity index (χ2n) is 4.38. The first-order chi connectivity index (χ1) is 11.5. The van der Waals surface area contributed by atoms with E-state index < -0.39 is 0 Å². The minimum atomic E-state index is -0.148. The number of nitrogens with one attached hydrogen (secondary N) is 1. The number of rotatable bonds is 6. The van der Waals surface area contributed by atoms with Crippen LogP contribution in [0.3, 0.4) is 0 Å². The molecule has 0 aliphatic rings. The molecule has 1 rings (SSSR count). The van der Waals surface area contributed by atoms with E-state index in [1.165, 1.54) is 29.7 Å². The summed E-state index contributed by atoms with van der Waals surface area (Å²) in [6.45, 7) is 1.76. The minimum absolute atomic E-state index is 0.0965. The molecule has 9 heteroatoms. The van der Waals surface area contributed by atoms with E-state index in [9.17, 15) is 4.79 Å². The molecular weight excluding hydrogens is 346 g/mol. The lowest BCUT2D eigenvalue weighted by molar-refractivity contribution is -0.113. The number of amides is 1. The van der Waals surface area contributed by atoms with Crippen LogP contribution in [0.5, 0.6) is 5.75 Å². The third kappa shape index (κ3) is 7.42. The average molecular weight is 368 g/mol. The molecule has 7 nitrogen and oxygen atoms in total. The standard InChI is InChI=1S/C15H21N5O2S2/c1-10(18-15(17)20-14(8-16)23-3)24-9-13(21)19-11-5-4-6-12(7-11)22-2/h4-8H,9,16H2,1-3H3,(H2,17,20)(H,19,21)/b14-8-,18-10?. The van der Waals surface area contributed by atoms with E-state index in [0.29, 0.717) is 21.5 Å². The first-order valence-corrected chi connectivity index (χ1v) is 9.11. The minimum Gasteiger partial charge on any atom is -0.497 e. The highest BCUT2D eigenvalue weighted by atomic mass is 32.2. The summed E-state index contributed by atoms with van der Waals surface area (Å²) in [7, 11) is 1.57. The number of hydrogen-bond donors (Lipinski definition) is 3. The lowest BCUT2D eigenvalue weighted by Crippen LogP contribution is -2.16. The summed E-state index contributed by atoms with van der Waals surface area (Å²) in [4.78, 5) is 20.1. The molecule has 0 atom stereocenters. The number of aliphatic imine (C=N–C) groups is 2. The second-order valence-corrected chi connectivity index (χ2v) is 6.37. The number of hydrogen-bond acceptors (Lipinski definition) is 6. The molecule has 24 heavy (non-hydrogen) atoms. The van der Waals surface area contributed by atoms with Crippen molar-refractivity contribution in [2.75, 3.05) is 24.4 Å². The third-order valence-electron chi connectivity index (χ3n) is 2.61. The Kier molecular flexibility index (Phi) is 8.80. The number of ether oxygens (including phenoxy) is 1. The number of benzene rings is 1. The Bertz CT molecular complexity index is 659. The molecule has 130 valence electrons. The molecule has 1 amide bonds. The molecule has 0 radical (unpaired) electrons. The molecule has 0 heterocycles. The maximum Gasteiger partial charge on any atom is 0.234 e. The number of carbonyl (C=O) groups excluding carboxylic acids is 1. The van der Waals surface area contributed by atoms with E-state index in [-0.39, 0.29) is 17.6 Å². The number of thioether (sulfide) groups is 2. The van der Waals surface area contributed by atoms with E-state index in [1.54, 1.807) is 32.2 Å². The van der Waals surface area contributed by atoms with Crippen LogP contribution in [0, 0.1) is 0 Å². The lowest BCUT2D eigenvalue weighted by atomic mass is 10.3. The Morgan fingerprint density at radius 2 is 2.17 bits per heavy atom.